The van der Waals surface area contributed by atoms with Crippen LogP contribution in [0, 0.1) is 10.2 Å². The summed E-state index contributed by atoms with van der Waals surface area (Å²) < 4.78 is 32.7. The third-order valence-electron chi connectivity index (χ3n) is 2.78. The van der Waals surface area contributed by atoms with E-state index < -0.39 is 10.2 Å². The normalized spacial score (nSPS) is 21.2. The minimum absolute atomic E-state index is 1.33. The molecule has 1 saturated heterocycles. The Morgan fingerprint density at radius 3 is 2.38 bits per heavy atom. The van der Waals surface area contributed by atoms with Crippen molar-refractivity contribution < 1.29 is 28.9 Å². The average Bonchev–Trinajstić information content (AvgIpc) is 2.39. The van der Waals surface area contributed by atoms with Gasteiger partial charge in [-0.1, -0.05) is 12.5 Å². The maximum Gasteiger partial charge on any atom is 0.0777 e. The van der Waals surface area contributed by atoms with Crippen molar-refractivity contribution in [2.75, 3.05) is 13.1 Å². The van der Waals surface area contributed by atoms with Crippen LogP contribution in [0.3, 0.4) is 0 Å². The smallest absolute Gasteiger partial charge is 0.0777 e. The molecule has 0 unspecified atom stereocenters. The molecule has 94 valence electrons. The highest BCUT2D eigenvalue weighted by Crippen LogP contribution is 2.23. The van der Waals surface area contributed by atoms with E-state index >= 15 is 0 Å². The molecule has 0 aromatic carbocycles. The van der Waals surface area contributed by atoms with Crippen LogP contribution >= 0.6 is 0 Å². The van der Waals surface area contributed by atoms with E-state index in [0.29, 0.717) is 0 Å². The van der Waals surface area contributed by atoms with E-state index in [1.165, 1.54) is 51.6 Å². The van der Waals surface area contributed by atoms with Crippen LogP contribution in [0.15, 0.2) is 11.8 Å². The van der Waals surface area contributed by atoms with Gasteiger partial charge in [0, 0.05) is 18.8 Å². The molecule has 0 radical (unpaired) electrons. The molecule has 5 nitrogen and oxygen atoms in total. The van der Waals surface area contributed by atoms with Gasteiger partial charge in [0.25, 0.3) is 0 Å². The van der Waals surface area contributed by atoms with Gasteiger partial charge in [-0.25, -0.2) is 0 Å². The summed E-state index contributed by atoms with van der Waals surface area (Å²) in [4.78, 5) is 2.59. The van der Waals surface area contributed by atoms with E-state index in [-0.39, 0.29) is 0 Å². The Bertz CT molecular complexity index is 233. The quantitative estimate of drug-likeness (QED) is 0.561. The molecule has 2 aliphatic rings. The maximum atomic E-state index is 8.60. The summed E-state index contributed by atoms with van der Waals surface area (Å²) >= 11 is 0. The van der Waals surface area contributed by atoms with Crippen LogP contribution in [0.2, 0.25) is 0 Å². The predicted octanol–water partition coefficient (Wildman–Crippen LogP) is -1.58. The van der Waals surface area contributed by atoms with Crippen LogP contribution in [-0.2, 0) is 0 Å². The lowest BCUT2D eigenvalue weighted by molar-refractivity contribution is -1.92. The highest BCUT2D eigenvalue weighted by molar-refractivity contribution is 5.05. The number of rotatable bonds is 0. The van der Waals surface area contributed by atoms with Gasteiger partial charge in [-0.15, -0.1) is 0 Å². The van der Waals surface area contributed by atoms with Crippen LogP contribution in [0.1, 0.15) is 38.5 Å². The molecule has 0 amide bonds. The van der Waals surface area contributed by atoms with E-state index in [1.54, 1.807) is 5.70 Å². The summed E-state index contributed by atoms with van der Waals surface area (Å²) in [6.45, 7) is 2.65. The molecule has 2 heterocycles. The zero-order chi connectivity index (χ0) is 12.0. The molecule has 0 bridgehead atoms. The lowest BCUT2D eigenvalue weighted by Gasteiger charge is -2.28. The van der Waals surface area contributed by atoms with Crippen molar-refractivity contribution in [1.82, 2.24) is 4.90 Å². The first-order valence-electron chi connectivity index (χ1n) is 5.54. The van der Waals surface area contributed by atoms with E-state index in [9.17, 15) is 0 Å². The maximum absolute atomic E-state index is 8.60. The van der Waals surface area contributed by atoms with E-state index in [0.717, 1.165) is 0 Å². The number of allylic oxidation sites excluding steroid dienone is 2. The molecular weight excluding hydrogens is 234 g/mol. The molecule has 2 aliphatic heterocycles. The third kappa shape index (κ3) is 6.30. The molecule has 0 atom stereocenters. The topological polar surface area (TPSA) is 92.7 Å². The number of hydrogen-bond acceptors (Lipinski definition) is 5. The third-order valence-corrected chi connectivity index (χ3v) is 2.78. The highest BCUT2D eigenvalue weighted by Gasteiger charge is 2.14. The fraction of sp³-hybridized carbons (Fsp3) is 0.800. The van der Waals surface area contributed by atoms with Crippen molar-refractivity contribution >= 4 is 0 Å². The molecule has 0 aromatic rings. The fourth-order valence-corrected chi connectivity index (χ4v) is 2.12. The second-order valence-corrected chi connectivity index (χ2v) is 4.82. The average molecular weight is 252 g/mol. The number of halogens is 1. The summed E-state index contributed by atoms with van der Waals surface area (Å²) in [5.41, 5.74) is 1.65. The lowest BCUT2D eigenvalue weighted by Crippen LogP contribution is -2.58. The van der Waals surface area contributed by atoms with Gasteiger partial charge in [0.15, 0.2) is 0 Å². The molecule has 1 N–H and O–H groups in total. The van der Waals surface area contributed by atoms with E-state index in [4.69, 9.17) is 18.6 Å². The summed E-state index contributed by atoms with van der Waals surface area (Å²) in [7, 11) is -4.69. The first-order chi connectivity index (χ1) is 7.47. The molecule has 1 fully saturated rings. The zero-order valence-electron chi connectivity index (χ0n) is 9.23. The standard InChI is InChI=1S/C10H17N.ClHO4/c1-2-6-10-7-3-5-9-11(10)8-4-1;2-1(3,4)5/h7H,1-6,8-9H2;(H,2,3,4,5). The van der Waals surface area contributed by atoms with Crippen LogP contribution in [0.4, 0.5) is 0 Å². The Morgan fingerprint density at radius 2 is 1.69 bits per heavy atom. The van der Waals surface area contributed by atoms with Crippen LogP contribution in [0.25, 0.3) is 0 Å². The van der Waals surface area contributed by atoms with Gasteiger partial charge >= 0.3 is 0 Å². The Balaban J connectivity index is 0.000000221. The van der Waals surface area contributed by atoms with E-state index in [1.807, 2.05) is 0 Å². The van der Waals surface area contributed by atoms with E-state index in [2.05, 4.69) is 11.0 Å². The van der Waals surface area contributed by atoms with Crippen molar-refractivity contribution in [3.8, 4) is 0 Å². The number of fused-ring (bicyclic) bond motifs is 1. The van der Waals surface area contributed by atoms with Crippen LogP contribution < -0.4 is 14.0 Å². The molecule has 6 heteroatoms. The Labute approximate surface area is 97.7 Å². The van der Waals surface area contributed by atoms with Gasteiger partial charge in [-0.05, 0) is 32.1 Å². The van der Waals surface area contributed by atoms with Gasteiger partial charge in [-0.2, -0.15) is 14.0 Å². The summed E-state index contributed by atoms with van der Waals surface area (Å²) in [5, 5.41) is 0. The van der Waals surface area contributed by atoms with Crippen molar-refractivity contribution in [2.45, 2.75) is 38.5 Å². The van der Waals surface area contributed by atoms with Crippen molar-refractivity contribution in [2.24, 2.45) is 0 Å². The van der Waals surface area contributed by atoms with Gasteiger partial charge < -0.3 is 4.90 Å². The van der Waals surface area contributed by atoms with Gasteiger partial charge in [0.1, 0.15) is 0 Å². The molecule has 16 heavy (non-hydrogen) atoms. The molecule has 0 spiro atoms. The predicted molar refractivity (Wildman–Crippen MR) is 49.6 cm³/mol. The largest absolute Gasteiger partial charge is 0.375 e. The number of nitrogens with zero attached hydrogens (tertiary/aromatic N) is 1. The van der Waals surface area contributed by atoms with Gasteiger partial charge in [-0.3, -0.25) is 0 Å². The van der Waals surface area contributed by atoms with Gasteiger partial charge in [0.05, 0.1) is 14.9 Å². The molecule has 0 aromatic heterocycles. The summed E-state index contributed by atoms with van der Waals surface area (Å²) in [5.74, 6) is 0. The Hall–Kier alpha value is -0.330. The monoisotopic (exact) mass is 251 g/mol. The summed E-state index contributed by atoms with van der Waals surface area (Å²) in [6, 6.07) is 0. The SMILES string of the molecule is C1=C2CCCCCN2CCC1.[O-][Cl+3]([O-])([O-])O. The second-order valence-electron chi connectivity index (χ2n) is 4.03. The highest BCUT2D eigenvalue weighted by atomic mass is 35.7. The van der Waals surface area contributed by atoms with Gasteiger partial charge in [0.2, 0.25) is 0 Å². The molecular formula is C10H18ClNO4. The number of hydrogen-bond donors (Lipinski definition) is 1. The summed E-state index contributed by atoms with van der Waals surface area (Å²) in [6.07, 6.45) is 10.8. The lowest BCUT2D eigenvalue weighted by atomic mass is 10.1. The molecule has 0 saturated carbocycles. The van der Waals surface area contributed by atoms with Crippen molar-refractivity contribution in [3.05, 3.63) is 11.8 Å². The first kappa shape index (κ1) is 13.7. The first-order valence-corrected chi connectivity index (χ1v) is 6.80. The van der Waals surface area contributed by atoms with Crippen LogP contribution in [-0.4, -0.2) is 22.6 Å². The Morgan fingerprint density at radius 1 is 1.06 bits per heavy atom. The molecule has 2 rings (SSSR count). The van der Waals surface area contributed by atoms with Crippen LogP contribution in [0.5, 0.6) is 0 Å². The molecule has 0 aliphatic carbocycles. The Kier molecular flexibility index (Phi) is 5.51. The zero-order valence-corrected chi connectivity index (χ0v) is 9.99. The minimum atomic E-state index is -4.69. The van der Waals surface area contributed by atoms with Crippen molar-refractivity contribution in [3.63, 3.8) is 0 Å². The minimum Gasteiger partial charge on any atom is -0.375 e. The second kappa shape index (κ2) is 6.42. The fourth-order valence-electron chi connectivity index (χ4n) is 2.12. The van der Waals surface area contributed by atoms with Crippen molar-refractivity contribution in [1.29, 1.82) is 0 Å².